The first-order valence-electron chi connectivity index (χ1n) is 7.74. The van der Waals surface area contributed by atoms with Gasteiger partial charge in [0.25, 0.3) is 0 Å². The molecule has 116 valence electrons. The maximum absolute atomic E-state index is 11.7. The molecule has 1 aliphatic heterocycles. The number of nitrogens with one attached hydrogen (secondary N) is 1. The van der Waals surface area contributed by atoms with E-state index in [1.54, 1.807) is 7.05 Å². The van der Waals surface area contributed by atoms with E-state index in [4.69, 9.17) is 0 Å². The Morgan fingerprint density at radius 3 is 2.67 bits per heavy atom. The van der Waals surface area contributed by atoms with Crippen LogP contribution in [0.15, 0.2) is 24.5 Å². The van der Waals surface area contributed by atoms with Gasteiger partial charge in [0.1, 0.15) is 0 Å². The number of amides is 1. The summed E-state index contributed by atoms with van der Waals surface area (Å²) in [5, 5.41) is 2.91. The second-order valence-corrected chi connectivity index (χ2v) is 5.77. The Balaban J connectivity index is 1.71. The van der Waals surface area contributed by atoms with E-state index in [0.717, 1.165) is 32.0 Å². The van der Waals surface area contributed by atoms with Crippen molar-refractivity contribution < 1.29 is 4.79 Å². The van der Waals surface area contributed by atoms with Gasteiger partial charge in [-0.2, -0.15) is 0 Å². The quantitative estimate of drug-likeness (QED) is 0.859. The predicted octanol–water partition coefficient (Wildman–Crippen LogP) is 1.37. The molecule has 1 N–H and O–H groups in total. The molecule has 0 unspecified atom stereocenters. The minimum atomic E-state index is 0.173. The van der Waals surface area contributed by atoms with Gasteiger partial charge >= 0.3 is 0 Å². The number of hydrogen-bond acceptors (Lipinski definition) is 4. The number of anilines is 1. The fourth-order valence-corrected chi connectivity index (χ4v) is 2.82. The molecule has 5 nitrogen and oxygen atoms in total. The van der Waals surface area contributed by atoms with Gasteiger partial charge in [0.2, 0.25) is 5.91 Å². The molecule has 1 aromatic heterocycles. The van der Waals surface area contributed by atoms with Crippen molar-refractivity contribution in [2.24, 2.45) is 5.92 Å². The van der Waals surface area contributed by atoms with E-state index in [-0.39, 0.29) is 5.91 Å². The largest absolute Gasteiger partial charge is 0.371 e. The van der Waals surface area contributed by atoms with Crippen LogP contribution in [0.1, 0.15) is 19.3 Å². The van der Waals surface area contributed by atoms with Crippen molar-refractivity contribution in [2.45, 2.75) is 19.3 Å². The molecule has 5 heteroatoms. The molecular formula is C16H26N4O. The zero-order valence-electron chi connectivity index (χ0n) is 13.1. The molecule has 0 atom stereocenters. The molecule has 0 bridgehead atoms. The van der Waals surface area contributed by atoms with Crippen LogP contribution >= 0.6 is 0 Å². The normalized spacial score (nSPS) is 16.0. The Labute approximate surface area is 127 Å². The molecule has 0 saturated carbocycles. The minimum absolute atomic E-state index is 0.173. The number of hydrogen-bond donors (Lipinski definition) is 1. The highest BCUT2D eigenvalue weighted by atomic mass is 16.2. The minimum Gasteiger partial charge on any atom is -0.371 e. The van der Waals surface area contributed by atoms with Crippen LogP contribution in [0.5, 0.6) is 0 Å². The first kappa shape index (κ1) is 15.8. The fourth-order valence-electron chi connectivity index (χ4n) is 2.82. The first-order chi connectivity index (χ1) is 10.2. The molecule has 1 fully saturated rings. The standard InChI is InChI=1S/C16H26N4O/c1-17-13-16(21)19(2)10-5-14-6-11-20(12-7-14)15-3-8-18-9-4-15/h3-4,8-9,14,17H,5-7,10-13H2,1-2H3. The average Bonchev–Trinajstić information content (AvgIpc) is 2.54. The Hall–Kier alpha value is -1.62. The zero-order valence-corrected chi connectivity index (χ0v) is 13.1. The van der Waals surface area contributed by atoms with Gasteiger partial charge in [0, 0.05) is 44.8 Å². The summed E-state index contributed by atoms with van der Waals surface area (Å²) in [6.07, 6.45) is 7.22. The molecule has 1 aromatic rings. The average molecular weight is 290 g/mol. The van der Waals surface area contributed by atoms with Gasteiger partial charge < -0.3 is 15.1 Å². The van der Waals surface area contributed by atoms with Gasteiger partial charge in [0.15, 0.2) is 0 Å². The van der Waals surface area contributed by atoms with Crippen molar-refractivity contribution in [3.05, 3.63) is 24.5 Å². The summed E-state index contributed by atoms with van der Waals surface area (Å²) >= 11 is 0. The number of rotatable bonds is 6. The van der Waals surface area contributed by atoms with E-state index in [1.807, 2.05) is 24.3 Å². The van der Waals surface area contributed by atoms with E-state index in [9.17, 15) is 4.79 Å². The maximum Gasteiger partial charge on any atom is 0.236 e. The van der Waals surface area contributed by atoms with Crippen molar-refractivity contribution in [3.63, 3.8) is 0 Å². The van der Waals surface area contributed by atoms with E-state index in [2.05, 4.69) is 27.3 Å². The molecule has 0 aromatic carbocycles. The van der Waals surface area contributed by atoms with Gasteiger partial charge in [-0.3, -0.25) is 9.78 Å². The molecular weight excluding hydrogens is 264 g/mol. The topological polar surface area (TPSA) is 48.5 Å². The molecule has 0 aliphatic carbocycles. The van der Waals surface area contributed by atoms with E-state index < -0.39 is 0 Å². The molecule has 1 amide bonds. The van der Waals surface area contributed by atoms with Crippen molar-refractivity contribution in [1.29, 1.82) is 0 Å². The number of nitrogens with zero attached hydrogens (tertiary/aromatic N) is 3. The van der Waals surface area contributed by atoms with Crippen LogP contribution < -0.4 is 10.2 Å². The highest BCUT2D eigenvalue weighted by Gasteiger charge is 2.20. The number of piperidine rings is 1. The smallest absolute Gasteiger partial charge is 0.236 e. The van der Waals surface area contributed by atoms with E-state index in [1.165, 1.54) is 18.5 Å². The summed E-state index contributed by atoms with van der Waals surface area (Å²) in [4.78, 5) is 20.0. The predicted molar refractivity (Wildman–Crippen MR) is 85.4 cm³/mol. The van der Waals surface area contributed by atoms with Crippen LogP contribution in [0, 0.1) is 5.92 Å². The summed E-state index contributed by atoms with van der Waals surface area (Å²) in [6, 6.07) is 4.15. The monoisotopic (exact) mass is 290 g/mol. The summed E-state index contributed by atoms with van der Waals surface area (Å²) in [7, 11) is 3.70. The van der Waals surface area contributed by atoms with Gasteiger partial charge in [0.05, 0.1) is 6.54 Å². The molecule has 1 saturated heterocycles. The Morgan fingerprint density at radius 2 is 2.05 bits per heavy atom. The second kappa shape index (κ2) is 7.98. The lowest BCUT2D eigenvalue weighted by atomic mass is 9.93. The van der Waals surface area contributed by atoms with Crippen molar-refractivity contribution in [2.75, 3.05) is 45.2 Å². The molecule has 2 rings (SSSR count). The van der Waals surface area contributed by atoms with Gasteiger partial charge in [-0.1, -0.05) is 0 Å². The SMILES string of the molecule is CNCC(=O)N(C)CCC1CCN(c2ccncc2)CC1. The molecule has 0 radical (unpaired) electrons. The highest BCUT2D eigenvalue weighted by Crippen LogP contribution is 2.24. The van der Waals surface area contributed by atoms with Gasteiger partial charge in [-0.15, -0.1) is 0 Å². The van der Waals surface area contributed by atoms with Crippen molar-refractivity contribution in [3.8, 4) is 0 Å². The van der Waals surface area contributed by atoms with Crippen LogP contribution in [0.2, 0.25) is 0 Å². The van der Waals surface area contributed by atoms with Crippen molar-refractivity contribution in [1.82, 2.24) is 15.2 Å². The first-order valence-corrected chi connectivity index (χ1v) is 7.74. The molecule has 2 heterocycles. The number of pyridine rings is 1. The van der Waals surface area contributed by atoms with Gasteiger partial charge in [-0.25, -0.2) is 0 Å². The lowest BCUT2D eigenvalue weighted by Gasteiger charge is -2.34. The number of carbonyl (C=O) groups excluding carboxylic acids is 1. The Morgan fingerprint density at radius 1 is 1.38 bits per heavy atom. The lowest BCUT2D eigenvalue weighted by molar-refractivity contribution is -0.129. The van der Waals surface area contributed by atoms with Gasteiger partial charge in [-0.05, 0) is 44.4 Å². The summed E-state index contributed by atoms with van der Waals surface area (Å²) < 4.78 is 0. The second-order valence-electron chi connectivity index (χ2n) is 5.77. The third-order valence-corrected chi connectivity index (χ3v) is 4.27. The number of likely N-dealkylation sites (N-methyl/N-ethyl adjacent to an activating group) is 2. The fraction of sp³-hybridized carbons (Fsp3) is 0.625. The number of aromatic nitrogens is 1. The van der Waals surface area contributed by atoms with Crippen LogP contribution in [-0.4, -0.2) is 56.1 Å². The lowest BCUT2D eigenvalue weighted by Crippen LogP contribution is -2.37. The Bertz CT molecular complexity index is 429. The zero-order chi connectivity index (χ0) is 15.1. The maximum atomic E-state index is 11.7. The summed E-state index contributed by atoms with van der Waals surface area (Å²) in [5.41, 5.74) is 1.27. The molecule has 21 heavy (non-hydrogen) atoms. The number of carbonyl (C=O) groups is 1. The van der Waals surface area contributed by atoms with E-state index in [0.29, 0.717) is 6.54 Å². The van der Waals surface area contributed by atoms with Crippen LogP contribution in [0.25, 0.3) is 0 Å². The summed E-state index contributed by atoms with van der Waals surface area (Å²) in [6.45, 7) is 3.49. The van der Waals surface area contributed by atoms with Crippen LogP contribution in [0.4, 0.5) is 5.69 Å². The third kappa shape index (κ3) is 4.70. The van der Waals surface area contributed by atoms with Crippen LogP contribution in [0.3, 0.4) is 0 Å². The Kier molecular flexibility index (Phi) is 5.99. The van der Waals surface area contributed by atoms with E-state index >= 15 is 0 Å². The molecule has 1 aliphatic rings. The van der Waals surface area contributed by atoms with Crippen LogP contribution in [-0.2, 0) is 4.79 Å². The molecule has 0 spiro atoms. The third-order valence-electron chi connectivity index (χ3n) is 4.27. The highest BCUT2D eigenvalue weighted by molar-refractivity contribution is 5.77. The summed E-state index contributed by atoms with van der Waals surface area (Å²) in [5.74, 6) is 0.902. The van der Waals surface area contributed by atoms with Crippen molar-refractivity contribution >= 4 is 11.6 Å².